The summed E-state index contributed by atoms with van der Waals surface area (Å²) in [6.07, 6.45) is 2.32. The lowest BCUT2D eigenvalue weighted by molar-refractivity contribution is 0.377. The SMILES string of the molecule is Cc1noc(CCNc2ccnc(C(N)=S)c2)n1. The van der Waals surface area contributed by atoms with E-state index in [-0.39, 0.29) is 4.99 Å². The van der Waals surface area contributed by atoms with Gasteiger partial charge in [0.1, 0.15) is 4.99 Å². The van der Waals surface area contributed by atoms with Crippen LogP contribution in [0.25, 0.3) is 0 Å². The van der Waals surface area contributed by atoms with E-state index in [1.807, 2.05) is 6.07 Å². The first kappa shape index (κ1) is 12.4. The van der Waals surface area contributed by atoms with Crippen LogP contribution in [0.4, 0.5) is 5.69 Å². The highest BCUT2D eigenvalue weighted by Crippen LogP contribution is 2.08. The standard InChI is InChI=1S/C11H13N5OS/c1-7-15-10(17-16-7)3-5-13-8-2-4-14-9(6-8)11(12)18/h2,4,6H,3,5H2,1H3,(H2,12,18)(H,13,14). The molecule has 0 aliphatic heterocycles. The van der Waals surface area contributed by atoms with Crippen molar-refractivity contribution in [1.82, 2.24) is 15.1 Å². The van der Waals surface area contributed by atoms with Crippen LogP contribution in [0.3, 0.4) is 0 Å². The van der Waals surface area contributed by atoms with E-state index in [0.29, 0.717) is 30.4 Å². The second-order valence-electron chi connectivity index (χ2n) is 3.71. The van der Waals surface area contributed by atoms with Crippen LogP contribution >= 0.6 is 12.2 Å². The summed E-state index contributed by atoms with van der Waals surface area (Å²) >= 11 is 4.87. The summed E-state index contributed by atoms with van der Waals surface area (Å²) in [5, 5.41) is 6.94. The van der Waals surface area contributed by atoms with Gasteiger partial charge in [0.25, 0.3) is 0 Å². The molecule has 18 heavy (non-hydrogen) atoms. The maximum Gasteiger partial charge on any atom is 0.228 e. The highest BCUT2D eigenvalue weighted by atomic mass is 32.1. The molecule has 94 valence electrons. The number of hydrogen-bond acceptors (Lipinski definition) is 6. The van der Waals surface area contributed by atoms with Crippen LogP contribution in [0, 0.1) is 6.92 Å². The fourth-order valence-electron chi connectivity index (χ4n) is 1.43. The lowest BCUT2D eigenvalue weighted by Gasteiger charge is -2.05. The minimum Gasteiger partial charge on any atom is -0.388 e. The van der Waals surface area contributed by atoms with Gasteiger partial charge in [-0.2, -0.15) is 4.98 Å². The minimum atomic E-state index is 0.283. The van der Waals surface area contributed by atoms with Crippen molar-refractivity contribution in [3.05, 3.63) is 35.7 Å². The van der Waals surface area contributed by atoms with E-state index in [1.54, 1.807) is 19.2 Å². The molecule has 0 atom stereocenters. The number of rotatable bonds is 5. The molecule has 0 aliphatic rings. The van der Waals surface area contributed by atoms with Crippen LogP contribution in [-0.2, 0) is 6.42 Å². The lowest BCUT2D eigenvalue weighted by atomic mass is 10.3. The molecule has 2 aromatic rings. The fraction of sp³-hybridized carbons (Fsp3) is 0.273. The first-order chi connectivity index (χ1) is 8.65. The summed E-state index contributed by atoms with van der Waals surface area (Å²) in [5.74, 6) is 1.26. The Bertz CT molecular complexity index is 554. The highest BCUT2D eigenvalue weighted by molar-refractivity contribution is 7.80. The molecule has 0 fully saturated rings. The number of nitrogens with one attached hydrogen (secondary N) is 1. The van der Waals surface area contributed by atoms with Gasteiger partial charge in [-0.1, -0.05) is 17.4 Å². The molecule has 2 heterocycles. The summed E-state index contributed by atoms with van der Waals surface area (Å²) < 4.78 is 5.01. The normalized spacial score (nSPS) is 10.3. The van der Waals surface area contributed by atoms with Gasteiger partial charge in [0.05, 0.1) is 5.69 Å². The molecule has 7 heteroatoms. The van der Waals surface area contributed by atoms with Crippen LogP contribution in [0.5, 0.6) is 0 Å². The van der Waals surface area contributed by atoms with Crippen molar-refractivity contribution in [3.63, 3.8) is 0 Å². The minimum absolute atomic E-state index is 0.283. The van der Waals surface area contributed by atoms with Crippen LogP contribution in [-0.4, -0.2) is 26.7 Å². The second-order valence-corrected chi connectivity index (χ2v) is 4.15. The predicted octanol–water partition coefficient (Wildman–Crippen LogP) is 1.06. The average Bonchev–Trinajstić information content (AvgIpc) is 2.75. The molecule has 0 saturated heterocycles. The second kappa shape index (κ2) is 5.54. The van der Waals surface area contributed by atoms with Gasteiger partial charge in [0.2, 0.25) is 5.89 Å². The number of pyridine rings is 1. The molecular weight excluding hydrogens is 250 g/mol. The highest BCUT2D eigenvalue weighted by Gasteiger charge is 2.03. The third kappa shape index (κ3) is 3.24. The first-order valence-corrected chi connectivity index (χ1v) is 5.85. The maximum atomic E-state index is 5.51. The zero-order valence-electron chi connectivity index (χ0n) is 9.88. The maximum absolute atomic E-state index is 5.51. The van der Waals surface area contributed by atoms with Gasteiger partial charge in [-0.25, -0.2) is 0 Å². The molecule has 0 aromatic carbocycles. The van der Waals surface area contributed by atoms with Gasteiger partial charge in [-0.15, -0.1) is 0 Å². The molecular formula is C11H13N5OS. The number of anilines is 1. The molecule has 0 spiro atoms. The molecule has 2 aromatic heterocycles. The average molecular weight is 263 g/mol. The Hall–Kier alpha value is -2.02. The van der Waals surface area contributed by atoms with E-state index >= 15 is 0 Å². The molecule has 6 nitrogen and oxygen atoms in total. The van der Waals surface area contributed by atoms with Crippen LogP contribution in [0.2, 0.25) is 0 Å². The molecule has 0 aliphatic carbocycles. The molecule has 3 N–H and O–H groups in total. The van der Waals surface area contributed by atoms with Crippen molar-refractivity contribution in [2.75, 3.05) is 11.9 Å². The van der Waals surface area contributed by atoms with Gasteiger partial charge < -0.3 is 15.6 Å². The Morgan fingerprint density at radius 3 is 3.06 bits per heavy atom. The first-order valence-electron chi connectivity index (χ1n) is 5.44. The molecule has 2 rings (SSSR count). The number of aryl methyl sites for hydroxylation is 1. The third-order valence-electron chi connectivity index (χ3n) is 2.25. The van der Waals surface area contributed by atoms with Gasteiger partial charge >= 0.3 is 0 Å². The Balaban J connectivity index is 1.90. The van der Waals surface area contributed by atoms with Gasteiger partial charge in [-0.3, -0.25) is 4.98 Å². The number of nitrogens with zero attached hydrogens (tertiary/aromatic N) is 3. The van der Waals surface area contributed by atoms with Crippen molar-refractivity contribution in [2.45, 2.75) is 13.3 Å². The van der Waals surface area contributed by atoms with Crippen LogP contribution in [0.15, 0.2) is 22.9 Å². The van der Waals surface area contributed by atoms with Gasteiger partial charge in [0.15, 0.2) is 5.82 Å². The predicted molar refractivity (Wildman–Crippen MR) is 71.4 cm³/mol. The van der Waals surface area contributed by atoms with E-state index in [9.17, 15) is 0 Å². The summed E-state index contributed by atoms with van der Waals surface area (Å²) in [6.45, 7) is 2.47. The summed E-state index contributed by atoms with van der Waals surface area (Å²) in [7, 11) is 0. The molecule has 0 amide bonds. The number of thiocarbonyl (C=S) groups is 1. The van der Waals surface area contributed by atoms with Crippen LogP contribution < -0.4 is 11.1 Å². The van der Waals surface area contributed by atoms with E-state index in [1.165, 1.54) is 0 Å². The van der Waals surface area contributed by atoms with Crippen molar-refractivity contribution in [1.29, 1.82) is 0 Å². The number of hydrogen-bond donors (Lipinski definition) is 2. The van der Waals surface area contributed by atoms with Gasteiger partial charge in [-0.05, 0) is 19.1 Å². The Labute approximate surface area is 110 Å². The van der Waals surface area contributed by atoms with Crippen molar-refractivity contribution in [2.24, 2.45) is 5.73 Å². The number of aromatic nitrogens is 3. The van der Waals surface area contributed by atoms with Gasteiger partial charge in [0, 0.05) is 24.8 Å². The van der Waals surface area contributed by atoms with Crippen LogP contribution in [0.1, 0.15) is 17.4 Å². The Morgan fingerprint density at radius 2 is 2.39 bits per heavy atom. The molecule has 0 unspecified atom stereocenters. The Morgan fingerprint density at radius 1 is 1.56 bits per heavy atom. The van der Waals surface area contributed by atoms with E-state index in [4.69, 9.17) is 22.5 Å². The molecule has 0 radical (unpaired) electrons. The third-order valence-corrected chi connectivity index (χ3v) is 2.46. The van der Waals surface area contributed by atoms with Crippen molar-refractivity contribution < 1.29 is 4.52 Å². The monoisotopic (exact) mass is 263 g/mol. The topological polar surface area (TPSA) is 89.9 Å². The Kier molecular flexibility index (Phi) is 3.83. The lowest BCUT2D eigenvalue weighted by Crippen LogP contribution is -2.12. The van der Waals surface area contributed by atoms with E-state index in [2.05, 4.69) is 20.4 Å². The summed E-state index contributed by atoms with van der Waals surface area (Å²) in [4.78, 5) is 8.46. The largest absolute Gasteiger partial charge is 0.388 e. The smallest absolute Gasteiger partial charge is 0.228 e. The summed E-state index contributed by atoms with van der Waals surface area (Å²) in [6, 6.07) is 3.65. The van der Waals surface area contributed by atoms with Crippen molar-refractivity contribution >= 4 is 22.9 Å². The van der Waals surface area contributed by atoms with Crippen molar-refractivity contribution in [3.8, 4) is 0 Å². The zero-order valence-corrected chi connectivity index (χ0v) is 10.7. The molecule has 0 saturated carbocycles. The fourth-order valence-corrected chi connectivity index (χ4v) is 1.54. The van der Waals surface area contributed by atoms with E-state index < -0.39 is 0 Å². The van der Waals surface area contributed by atoms with E-state index in [0.717, 1.165) is 5.69 Å². The zero-order chi connectivity index (χ0) is 13.0. The number of nitrogens with two attached hydrogens (primary N) is 1. The summed E-state index contributed by atoms with van der Waals surface area (Å²) in [5.41, 5.74) is 7.02. The molecule has 0 bridgehead atoms. The quantitative estimate of drug-likeness (QED) is 0.779.